The number of halogens is 3. The zero-order valence-electron chi connectivity index (χ0n) is 7.70. The van der Waals surface area contributed by atoms with Crippen molar-refractivity contribution in [1.29, 1.82) is 0 Å². The Labute approximate surface area is 86.1 Å². The van der Waals surface area contributed by atoms with E-state index < -0.39 is 17.2 Å². The summed E-state index contributed by atoms with van der Waals surface area (Å²) in [5.74, 6) is -1.17. The van der Waals surface area contributed by atoms with Crippen LogP contribution in [0, 0.1) is 11.6 Å². The van der Waals surface area contributed by atoms with Gasteiger partial charge in [0.25, 0.3) is 0 Å². The molecule has 76 valence electrons. The second kappa shape index (κ2) is 3.17. The highest BCUT2D eigenvalue weighted by Crippen LogP contribution is 2.47. The van der Waals surface area contributed by atoms with Crippen molar-refractivity contribution in [3.05, 3.63) is 34.4 Å². The van der Waals surface area contributed by atoms with Gasteiger partial charge in [0.05, 0.1) is 5.02 Å². The van der Waals surface area contributed by atoms with E-state index in [9.17, 15) is 8.78 Å². The maximum atomic E-state index is 13.6. The van der Waals surface area contributed by atoms with E-state index in [0.717, 1.165) is 12.8 Å². The predicted molar refractivity (Wildman–Crippen MR) is 51.3 cm³/mol. The molecule has 2 rings (SSSR count). The highest BCUT2D eigenvalue weighted by atomic mass is 35.5. The predicted octanol–water partition coefficient (Wildman–Crippen LogP) is 2.83. The molecule has 1 aliphatic carbocycles. The normalized spacial score (nSPS) is 18.3. The monoisotopic (exact) mass is 217 g/mol. The standard InChI is InChI=1S/C10H10ClF2N/c1-14-10(4-5-10)8-7(12)3-2-6(11)9(8)13/h2-3,14H,4-5H2,1H3. The minimum atomic E-state index is -0.640. The maximum Gasteiger partial charge on any atom is 0.149 e. The van der Waals surface area contributed by atoms with Crippen molar-refractivity contribution in [2.75, 3.05) is 7.05 Å². The third kappa shape index (κ3) is 1.31. The Morgan fingerprint density at radius 1 is 1.36 bits per heavy atom. The van der Waals surface area contributed by atoms with E-state index in [1.807, 2.05) is 0 Å². The first-order valence-corrected chi connectivity index (χ1v) is 4.81. The Morgan fingerprint density at radius 2 is 2.00 bits per heavy atom. The van der Waals surface area contributed by atoms with Crippen LogP contribution in [0.2, 0.25) is 5.02 Å². The van der Waals surface area contributed by atoms with Gasteiger partial charge >= 0.3 is 0 Å². The minimum absolute atomic E-state index is 0.0251. The molecule has 1 aromatic carbocycles. The SMILES string of the molecule is CNC1(c2c(F)ccc(Cl)c2F)CC1. The molecule has 1 fully saturated rings. The lowest BCUT2D eigenvalue weighted by Crippen LogP contribution is -2.27. The molecule has 1 N–H and O–H groups in total. The first kappa shape index (κ1) is 9.87. The van der Waals surface area contributed by atoms with Crippen molar-refractivity contribution in [3.63, 3.8) is 0 Å². The molecule has 1 nitrogen and oxygen atoms in total. The van der Waals surface area contributed by atoms with Gasteiger partial charge in [-0.3, -0.25) is 0 Å². The number of rotatable bonds is 2. The van der Waals surface area contributed by atoms with E-state index in [1.165, 1.54) is 12.1 Å². The molecule has 0 amide bonds. The summed E-state index contributed by atoms with van der Waals surface area (Å²) in [5, 5.41) is 2.91. The van der Waals surface area contributed by atoms with Crippen LogP contribution in [0.4, 0.5) is 8.78 Å². The van der Waals surface area contributed by atoms with Crippen molar-refractivity contribution in [2.45, 2.75) is 18.4 Å². The van der Waals surface area contributed by atoms with Crippen molar-refractivity contribution >= 4 is 11.6 Å². The number of hydrogen-bond acceptors (Lipinski definition) is 1. The molecule has 0 saturated heterocycles. The van der Waals surface area contributed by atoms with Gasteiger partial charge < -0.3 is 5.32 Å². The molecular formula is C10H10ClF2N. The largest absolute Gasteiger partial charge is 0.310 e. The first-order chi connectivity index (χ1) is 6.60. The minimum Gasteiger partial charge on any atom is -0.310 e. The lowest BCUT2D eigenvalue weighted by molar-refractivity contribution is 0.481. The van der Waals surface area contributed by atoms with Gasteiger partial charge in [-0.15, -0.1) is 0 Å². The summed E-state index contributed by atoms with van der Waals surface area (Å²) in [7, 11) is 1.70. The summed E-state index contributed by atoms with van der Waals surface area (Å²) in [6, 6.07) is 2.44. The van der Waals surface area contributed by atoms with E-state index in [2.05, 4.69) is 5.32 Å². The highest BCUT2D eigenvalue weighted by Gasteiger charge is 2.47. The highest BCUT2D eigenvalue weighted by molar-refractivity contribution is 6.30. The lowest BCUT2D eigenvalue weighted by atomic mass is 10.0. The molecule has 1 saturated carbocycles. The summed E-state index contributed by atoms with van der Waals surface area (Å²) >= 11 is 5.61. The quantitative estimate of drug-likeness (QED) is 0.752. The van der Waals surface area contributed by atoms with Crippen molar-refractivity contribution in [3.8, 4) is 0 Å². The van der Waals surface area contributed by atoms with Crippen LogP contribution < -0.4 is 5.32 Å². The molecule has 0 radical (unpaired) electrons. The summed E-state index contributed by atoms with van der Waals surface area (Å²) in [4.78, 5) is 0. The topological polar surface area (TPSA) is 12.0 Å². The first-order valence-electron chi connectivity index (χ1n) is 4.43. The summed E-state index contributed by atoms with van der Waals surface area (Å²) in [6.07, 6.45) is 1.50. The summed E-state index contributed by atoms with van der Waals surface area (Å²) in [6.45, 7) is 0. The third-order valence-electron chi connectivity index (χ3n) is 2.75. The van der Waals surface area contributed by atoms with Crippen LogP contribution in [0.3, 0.4) is 0 Å². The van der Waals surface area contributed by atoms with Crippen LogP contribution in [-0.2, 0) is 5.54 Å². The lowest BCUT2D eigenvalue weighted by Gasteiger charge is -2.16. The maximum absolute atomic E-state index is 13.6. The smallest absolute Gasteiger partial charge is 0.149 e. The van der Waals surface area contributed by atoms with Gasteiger partial charge in [0.15, 0.2) is 0 Å². The Morgan fingerprint density at radius 3 is 2.50 bits per heavy atom. The Kier molecular flexibility index (Phi) is 2.24. The van der Waals surface area contributed by atoms with Crippen LogP contribution in [0.1, 0.15) is 18.4 Å². The van der Waals surface area contributed by atoms with Crippen molar-refractivity contribution in [1.82, 2.24) is 5.32 Å². The van der Waals surface area contributed by atoms with Gasteiger partial charge in [0.2, 0.25) is 0 Å². The van der Waals surface area contributed by atoms with Gasteiger partial charge in [-0.2, -0.15) is 0 Å². The molecule has 0 spiro atoms. The van der Waals surface area contributed by atoms with Crippen LogP contribution >= 0.6 is 11.6 Å². The van der Waals surface area contributed by atoms with E-state index >= 15 is 0 Å². The van der Waals surface area contributed by atoms with Gasteiger partial charge in [0, 0.05) is 11.1 Å². The Balaban J connectivity index is 2.57. The van der Waals surface area contributed by atoms with Crippen LogP contribution in [0.15, 0.2) is 12.1 Å². The molecule has 1 aromatic rings. The van der Waals surface area contributed by atoms with E-state index in [1.54, 1.807) is 7.05 Å². The van der Waals surface area contributed by atoms with Gasteiger partial charge in [0.1, 0.15) is 11.6 Å². The van der Waals surface area contributed by atoms with Crippen molar-refractivity contribution in [2.24, 2.45) is 0 Å². The zero-order chi connectivity index (χ0) is 10.3. The Hall–Kier alpha value is -0.670. The molecule has 0 atom stereocenters. The van der Waals surface area contributed by atoms with Gasteiger partial charge in [-0.25, -0.2) is 8.78 Å². The van der Waals surface area contributed by atoms with Crippen LogP contribution in [0.25, 0.3) is 0 Å². The fourth-order valence-corrected chi connectivity index (χ4v) is 1.87. The van der Waals surface area contributed by atoms with Gasteiger partial charge in [-0.1, -0.05) is 11.6 Å². The molecule has 0 heterocycles. The average Bonchev–Trinajstić information content (AvgIpc) is 2.93. The van der Waals surface area contributed by atoms with Crippen LogP contribution in [0.5, 0.6) is 0 Å². The molecule has 0 bridgehead atoms. The molecule has 4 heteroatoms. The summed E-state index contributed by atoms with van der Waals surface area (Å²) in [5.41, 5.74) is -0.452. The Bertz CT molecular complexity index is 375. The number of benzene rings is 1. The van der Waals surface area contributed by atoms with Gasteiger partial charge in [-0.05, 0) is 32.0 Å². The van der Waals surface area contributed by atoms with E-state index in [-0.39, 0.29) is 10.6 Å². The number of nitrogens with one attached hydrogen (secondary N) is 1. The fraction of sp³-hybridized carbons (Fsp3) is 0.400. The number of hydrogen-bond donors (Lipinski definition) is 1. The molecule has 0 aliphatic heterocycles. The molecule has 1 aliphatic rings. The molecular weight excluding hydrogens is 208 g/mol. The zero-order valence-corrected chi connectivity index (χ0v) is 8.46. The summed E-state index contributed by atoms with van der Waals surface area (Å²) < 4.78 is 27.0. The third-order valence-corrected chi connectivity index (χ3v) is 3.04. The average molecular weight is 218 g/mol. The second-order valence-corrected chi connectivity index (χ2v) is 3.96. The molecule has 0 unspecified atom stereocenters. The molecule has 14 heavy (non-hydrogen) atoms. The van der Waals surface area contributed by atoms with Crippen molar-refractivity contribution < 1.29 is 8.78 Å². The fourth-order valence-electron chi connectivity index (χ4n) is 1.72. The van der Waals surface area contributed by atoms with Crippen LogP contribution in [-0.4, -0.2) is 7.05 Å². The second-order valence-electron chi connectivity index (χ2n) is 3.55. The van der Waals surface area contributed by atoms with E-state index in [0.29, 0.717) is 0 Å². The van der Waals surface area contributed by atoms with E-state index in [4.69, 9.17) is 11.6 Å². The molecule has 0 aromatic heterocycles.